The second-order valence-electron chi connectivity index (χ2n) is 4.47. The predicted molar refractivity (Wildman–Crippen MR) is 48.1 cm³/mol. The molecule has 0 atom stereocenters. The molecule has 0 unspecified atom stereocenters. The fourth-order valence-electron chi connectivity index (χ4n) is 0.667. The van der Waals surface area contributed by atoms with E-state index in [9.17, 15) is 0 Å². The molecule has 0 aromatic heterocycles. The highest BCUT2D eigenvalue weighted by Gasteiger charge is 2.29. The third-order valence-electron chi connectivity index (χ3n) is 2.52. The molecule has 0 saturated carbocycles. The molecular weight excluding hydrogens is 120 g/mol. The standard InChI is InChI=1S/C10H20/c1-7-8-10(5,6)9(2,3)4/h7-8H,1-6H3. The first kappa shape index (κ1) is 9.74. The molecule has 0 aliphatic heterocycles. The monoisotopic (exact) mass is 140 g/mol. The lowest BCUT2D eigenvalue weighted by Crippen LogP contribution is -2.27. The lowest BCUT2D eigenvalue weighted by Gasteiger charge is -2.36. The lowest BCUT2D eigenvalue weighted by atomic mass is 9.69. The second-order valence-corrected chi connectivity index (χ2v) is 4.47. The van der Waals surface area contributed by atoms with Gasteiger partial charge in [-0.2, -0.15) is 0 Å². The molecule has 0 nitrogen and oxygen atoms in total. The van der Waals surface area contributed by atoms with Crippen LogP contribution in [-0.4, -0.2) is 0 Å². The molecule has 0 aliphatic rings. The molecular formula is C10H20. The van der Waals surface area contributed by atoms with Crippen molar-refractivity contribution in [2.24, 2.45) is 10.8 Å². The van der Waals surface area contributed by atoms with Crippen molar-refractivity contribution < 1.29 is 0 Å². The average Bonchev–Trinajstić information content (AvgIpc) is 1.61. The Labute approximate surface area is 65.3 Å². The Kier molecular flexibility index (Phi) is 2.70. The maximum Gasteiger partial charge on any atom is -0.0126 e. The van der Waals surface area contributed by atoms with Crippen LogP contribution in [0.3, 0.4) is 0 Å². The van der Waals surface area contributed by atoms with Crippen LogP contribution in [-0.2, 0) is 0 Å². The van der Waals surface area contributed by atoms with Crippen LogP contribution in [0, 0.1) is 10.8 Å². The molecule has 0 bridgehead atoms. The SMILES string of the molecule is CC=CC(C)(C)C(C)(C)C. The molecule has 10 heavy (non-hydrogen) atoms. The minimum Gasteiger partial charge on any atom is -0.0911 e. The molecule has 0 fully saturated rings. The summed E-state index contributed by atoms with van der Waals surface area (Å²) in [6.45, 7) is 13.4. The van der Waals surface area contributed by atoms with Gasteiger partial charge in [-0.1, -0.05) is 46.8 Å². The Morgan fingerprint density at radius 1 is 0.900 bits per heavy atom. The van der Waals surface area contributed by atoms with Crippen LogP contribution in [0.25, 0.3) is 0 Å². The Morgan fingerprint density at radius 3 is 1.40 bits per heavy atom. The molecule has 0 spiro atoms. The van der Waals surface area contributed by atoms with E-state index in [1.165, 1.54) is 0 Å². The molecule has 0 saturated heterocycles. The van der Waals surface area contributed by atoms with Gasteiger partial charge in [0.05, 0.1) is 0 Å². The van der Waals surface area contributed by atoms with Crippen LogP contribution in [0.2, 0.25) is 0 Å². The normalized spacial score (nSPS) is 14.6. The van der Waals surface area contributed by atoms with Gasteiger partial charge in [0, 0.05) is 0 Å². The van der Waals surface area contributed by atoms with Crippen molar-refractivity contribution in [1.82, 2.24) is 0 Å². The van der Waals surface area contributed by atoms with Crippen LogP contribution in [0.4, 0.5) is 0 Å². The van der Waals surface area contributed by atoms with E-state index in [0.717, 1.165) is 0 Å². The summed E-state index contributed by atoms with van der Waals surface area (Å²) in [5, 5.41) is 0. The zero-order valence-electron chi connectivity index (χ0n) is 8.15. The Balaban J connectivity index is 4.40. The van der Waals surface area contributed by atoms with Gasteiger partial charge in [0.1, 0.15) is 0 Å². The Hall–Kier alpha value is -0.260. The van der Waals surface area contributed by atoms with Crippen molar-refractivity contribution >= 4 is 0 Å². The van der Waals surface area contributed by atoms with Crippen molar-refractivity contribution in [1.29, 1.82) is 0 Å². The van der Waals surface area contributed by atoms with E-state index in [1.807, 2.05) is 0 Å². The maximum atomic E-state index is 2.27. The van der Waals surface area contributed by atoms with Gasteiger partial charge in [-0.3, -0.25) is 0 Å². The summed E-state index contributed by atoms with van der Waals surface area (Å²) >= 11 is 0. The first-order chi connectivity index (χ1) is 4.31. The third kappa shape index (κ3) is 2.17. The van der Waals surface area contributed by atoms with Crippen LogP contribution in [0.1, 0.15) is 41.5 Å². The van der Waals surface area contributed by atoms with E-state index in [0.29, 0.717) is 10.8 Å². The molecule has 0 rings (SSSR count). The molecule has 0 amide bonds. The summed E-state index contributed by atoms with van der Waals surface area (Å²) in [6.07, 6.45) is 4.40. The van der Waals surface area contributed by atoms with Gasteiger partial charge in [0.25, 0.3) is 0 Å². The molecule has 0 N–H and O–H groups in total. The third-order valence-corrected chi connectivity index (χ3v) is 2.52. The lowest BCUT2D eigenvalue weighted by molar-refractivity contribution is 0.192. The molecule has 0 heterocycles. The number of rotatable bonds is 1. The largest absolute Gasteiger partial charge is 0.0911 e. The van der Waals surface area contributed by atoms with Crippen molar-refractivity contribution in [3.05, 3.63) is 12.2 Å². The van der Waals surface area contributed by atoms with Gasteiger partial charge in [0.2, 0.25) is 0 Å². The molecule has 0 aromatic carbocycles. The van der Waals surface area contributed by atoms with E-state index in [-0.39, 0.29) is 0 Å². The van der Waals surface area contributed by atoms with Crippen LogP contribution < -0.4 is 0 Å². The number of allylic oxidation sites excluding steroid dienone is 2. The van der Waals surface area contributed by atoms with Crippen molar-refractivity contribution in [2.45, 2.75) is 41.5 Å². The molecule has 0 aliphatic carbocycles. The summed E-state index contributed by atoms with van der Waals surface area (Å²) in [5.41, 5.74) is 0.668. The molecule has 0 aromatic rings. The zero-order chi connectivity index (χ0) is 8.41. The van der Waals surface area contributed by atoms with E-state index in [1.54, 1.807) is 0 Å². The van der Waals surface area contributed by atoms with Gasteiger partial charge in [0.15, 0.2) is 0 Å². The minimum absolute atomic E-state index is 0.307. The smallest absolute Gasteiger partial charge is 0.0126 e. The van der Waals surface area contributed by atoms with Gasteiger partial charge < -0.3 is 0 Å². The number of hydrogen-bond acceptors (Lipinski definition) is 0. The van der Waals surface area contributed by atoms with Gasteiger partial charge in [-0.15, -0.1) is 0 Å². The Bertz CT molecular complexity index is 121. The summed E-state index contributed by atoms with van der Waals surface area (Å²) in [4.78, 5) is 0. The second kappa shape index (κ2) is 2.77. The summed E-state index contributed by atoms with van der Waals surface area (Å²) in [6, 6.07) is 0. The van der Waals surface area contributed by atoms with Crippen molar-refractivity contribution in [3.8, 4) is 0 Å². The summed E-state index contributed by atoms with van der Waals surface area (Å²) in [5.74, 6) is 0. The highest BCUT2D eigenvalue weighted by atomic mass is 14.3. The molecule has 60 valence electrons. The van der Waals surface area contributed by atoms with Crippen molar-refractivity contribution in [2.75, 3.05) is 0 Å². The van der Waals surface area contributed by atoms with E-state index >= 15 is 0 Å². The summed E-state index contributed by atoms with van der Waals surface area (Å²) < 4.78 is 0. The van der Waals surface area contributed by atoms with Gasteiger partial charge in [-0.05, 0) is 17.8 Å². The minimum atomic E-state index is 0.307. The van der Waals surface area contributed by atoms with Crippen LogP contribution in [0.5, 0.6) is 0 Å². The topological polar surface area (TPSA) is 0 Å². The Morgan fingerprint density at radius 2 is 1.30 bits per heavy atom. The fourth-order valence-corrected chi connectivity index (χ4v) is 0.667. The predicted octanol–water partition coefficient (Wildman–Crippen LogP) is 3.63. The van der Waals surface area contributed by atoms with E-state index in [2.05, 4.69) is 53.7 Å². The highest BCUT2D eigenvalue weighted by molar-refractivity contribution is 4.99. The van der Waals surface area contributed by atoms with E-state index in [4.69, 9.17) is 0 Å². The molecule has 0 heteroatoms. The van der Waals surface area contributed by atoms with Gasteiger partial charge in [-0.25, -0.2) is 0 Å². The zero-order valence-corrected chi connectivity index (χ0v) is 8.15. The maximum absolute atomic E-state index is 2.27. The van der Waals surface area contributed by atoms with Crippen LogP contribution >= 0.6 is 0 Å². The fraction of sp³-hybridized carbons (Fsp3) is 0.800. The average molecular weight is 140 g/mol. The van der Waals surface area contributed by atoms with E-state index < -0.39 is 0 Å². The molecule has 0 radical (unpaired) electrons. The van der Waals surface area contributed by atoms with Gasteiger partial charge >= 0.3 is 0 Å². The van der Waals surface area contributed by atoms with Crippen LogP contribution in [0.15, 0.2) is 12.2 Å². The summed E-state index contributed by atoms with van der Waals surface area (Å²) in [7, 11) is 0. The first-order valence-electron chi connectivity index (χ1n) is 3.95. The quantitative estimate of drug-likeness (QED) is 0.488. The highest BCUT2D eigenvalue weighted by Crippen LogP contribution is 2.38. The van der Waals surface area contributed by atoms with Crippen molar-refractivity contribution in [3.63, 3.8) is 0 Å². The number of hydrogen-bond donors (Lipinski definition) is 0. The first-order valence-corrected chi connectivity index (χ1v) is 3.95.